The van der Waals surface area contributed by atoms with E-state index in [-0.39, 0.29) is 0 Å². The fourth-order valence-corrected chi connectivity index (χ4v) is 6.86. The Morgan fingerprint density at radius 2 is 0.929 bits per heavy atom. The van der Waals surface area contributed by atoms with Gasteiger partial charge >= 0.3 is 11.9 Å². The molecule has 0 aromatic heterocycles. The minimum atomic E-state index is -0.671. The molecule has 4 rings (SSSR count). The minimum Gasteiger partial charge on any atom is -0.481 e. The van der Waals surface area contributed by atoms with Gasteiger partial charge in [0, 0.05) is 0 Å². The third-order valence-corrected chi connectivity index (χ3v) is 9.45. The number of aliphatic carboxylic acids is 2. The molecular weight excluding hydrogens is 520 g/mol. The van der Waals surface area contributed by atoms with Crippen molar-refractivity contribution in [3.8, 4) is 0 Å². The van der Waals surface area contributed by atoms with E-state index in [2.05, 4.69) is 60.7 Å². The number of carbonyl (C=O) groups is 2. The number of hydrogen-bond acceptors (Lipinski definition) is 2. The third-order valence-electron chi connectivity index (χ3n) is 9.45. The van der Waals surface area contributed by atoms with Crippen molar-refractivity contribution in [1.29, 1.82) is 0 Å². The van der Waals surface area contributed by atoms with Crippen LogP contribution in [-0.4, -0.2) is 22.2 Å². The zero-order valence-corrected chi connectivity index (χ0v) is 25.1. The number of benzene rings is 2. The van der Waals surface area contributed by atoms with E-state index < -0.39 is 22.8 Å². The molecule has 2 aromatic carbocycles. The molecule has 4 nitrogen and oxygen atoms in total. The molecule has 0 bridgehead atoms. The fourth-order valence-electron chi connectivity index (χ4n) is 6.86. The summed E-state index contributed by atoms with van der Waals surface area (Å²) in [6.45, 7) is 0. The number of carboxylic acids is 2. The molecule has 42 heavy (non-hydrogen) atoms. The SMILES string of the molecule is O=C(O)C1(CCCCCC/C(=C(\CCCCCCC2(C(=O)O)C=CCC2)c2ccccc2)c2ccccc2)C=CCC1. The summed E-state index contributed by atoms with van der Waals surface area (Å²) in [4.78, 5) is 23.7. The largest absolute Gasteiger partial charge is 0.481 e. The van der Waals surface area contributed by atoms with Gasteiger partial charge in [-0.3, -0.25) is 9.59 Å². The second kappa shape index (κ2) is 15.7. The summed E-state index contributed by atoms with van der Waals surface area (Å²) >= 11 is 0. The van der Waals surface area contributed by atoms with Crippen molar-refractivity contribution in [2.75, 3.05) is 0 Å². The average molecular weight is 569 g/mol. The van der Waals surface area contributed by atoms with Gasteiger partial charge < -0.3 is 10.2 Å². The maximum absolute atomic E-state index is 11.9. The van der Waals surface area contributed by atoms with Crippen molar-refractivity contribution >= 4 is 23.1 Å². The van der Waals surface area contributed by atoms with Crippen molar-refractivity contribution in [3.05, 3.63) is 96.1 Å². The molecule has 4 heteroatoms. The van der Waals surface area contributed by atoms with Crippen molar-refractivity contribution in [1.82, 2.24) is 0 Å². The van der Waals surface area contributed by atoms with Gasteiger partial charge in [0.25, 0.3) is 0 Å². The lowest BCUT2D eigenvalue weighted by Crippen LogP contribution is -2.26. The first-order chi connectivity index (χ1) is 20.5. The summed E-state index contributed by atoms with van der Waals surface area (Å²) in [6.07, 6.45) is 23.0. The van der Waals surface area contributed by atoms with Crippen LogP contribution in [0.3, 0.4) is 0 Å². The van der Waals surface area contributed by atoms with Crippen LogP contribution >= 0.6 is 0 Å². The Bertz CT molecular complexity index is 1140. The smallest absolute Gasteiger partial charge is 0.313 e. The van der Waals surface area contributed by atoms with E-state index in [0.29, 0.717) is 0 Å². The first-order valence-corrected chi connectivity index (χ1v) is 16.1. The lowest BCUT2D eigenvalue weighted by Gasteiger charge is -2.22. The summed E-state index contributed by atoms with van der Waals surface area (Å²) in [5.41, 5.74) is 4.13. The predicted octanol–water partition coefficient (Wildman–Crippen LogP) is 10.1. The molecule has 0 amide bonds. The molecule has 0 radical (unpaired) electrons. The van der Waals surface area contributed by atoms with Gasteiger partial charge in [-0.2, -0.15) is 0 Å². The highest BCUT2D eigenvalue weighted by Crippen LogP contribution is 2.39. The third kappa shape index (κ3) is 8.33. The van der Waals surface area contributed by atoms with Gasteiger partial charge in [-0.05, 0) is 86.5 Å². The van der Waals surface area contributed by atoms with E-state index in [1.807, 2.05) is 24.3 Å². The predicted molar refractivity (Wildman–Crippen MR) is 172 cm³/mol. The number of carboxylic acid groups (broad SMARTS) is 2. The lowest BCUT2D eigenvalue weighted by atomic mass is 9.82. The maximum atomic E-state index is 11.9. The van der Waals surface area contributed by atoms with Crippen LogP contribution in [0.25, 0.3) is 11.1 Å². The van der Waals surface area contributed by atoms with Crippen LogP contribution in [0.5, 0.6) is 0 Å². The topological polar surface area (TPSA) is 74.6 Å². The quantitative estimate of drug-likeness (QED) is 0.107. The monoisotopic (exact) mass is 568 g/mol. The van der Waals surface area contributed by atoms with Crippen LogP contribution in [0.1, 0.15) is 114 Å². The van der Waals surface area contributed by atoms with Crippen LogP contribution < -0.4 is 0 Å². The van der Waals surface area contributed by atoms with Crippen LogP contribution in [0, 0.1) is 10.8 Å². The second-order valence-corrected chi connectivity index (χ2v) is 12.3. The molecule has 0 saturated carbocycles. The van der Waals surface area contributed by atoms with Crippen molar-refractivity contribution in [3.63, 3.8) is 0 Å². The summed E-state index contributed by atoms with van der Waals surface area (Å²) < 4.78 is 0. The van der Waals surface area contributed by atoms with Crippen molar-refractivity contribution < 1.29 is 19.8 Å². The Balaban J connectivity index is 1.37. The molecule has 2 atom stereocenters. The van der Waals surface area contributed by atoms with Gasteiger partial charge in [0.05, 0.1) is 10.8 Å². The van der Waals surface area contributed by atoms with E-state index in [1.165, 1.54) is 22.3 Å². The molecular formula is C38H48O4. The Kier molecular flexibility index (Phi) is 11.8. The Morgan fingerprint density at radius 1 is 0.548 bits per heavy atom. The molecule has 0 heterocycles. The minimum absolute atomic E-state index is 0.641. The zero-order valence-electron chi connectivity index (χ0n) is 25.1. The average Bonchev–Trinajstić information content (AvgIpc) is 3.70. The molecule has 224 valence electrons. The van der Waals surface area contributed by atoms with E-state index >= 15 is 0 Å². The van der Waals surface area contributed by atoms with Crippen LogP contribution in [0.2, 0.25) is 0 Å². The Hall–Kier alpha value is -3.40. The number of hydrogen-bond donors (Lipinski definition) is 2. The highest BCUT2D eigenvalue weighted by Gasteiger charge is 2.37. The molecule has 2 N–H and O–H groups in total. The maximum Gasteiger partial charge on any atom is 0.313 e. The van der Waals surface area contributed by atoms with Gasteiger partial charge in [-0.1, -0.05) is 123 Å². The van der Waals surface area contributed by atoms with Crippen LogP contribution in [0.15, 0.2) is 85.0 Å². The molecule has 0 spiro atoms. The van der Waals surface area contributed by atoms with E-state index in [4.69, 9.17) is 0 Å². The lowest BCUT2D eigenvalue weighted by molar-refractivity contribution is -0.147. The Morgan fingerprint density at radius 3 is 1.26 bits per heavy atom. The van der Waals surface area contributed by atoms with Crippen LogP contribution in [0.4, 0.5) is 0 Å². The zero-order chi connectivity index (χ0) is 29.7. The standard InChI is InChI=1S/C38H48O4/c39-35(40)37(27-15-16-28-37)25-13-3-1-11-23-33(31-19-7-5-8-20-31)34(32-21-9-6-10-22-32)24-12-2-4-14-26-38(36(41)42)29-17-18-30-38/h5-10,15,17,19-22,27,29H,1-4,11-14,16,18,23-26,28,30H2,(H,39,40)(H,41,42)/b34-33-. The first kappa shape index (κ1) is 31.5. The summed E-state index contributed by atoms with van der Waals surface area (Å²) in [5.74, 6) is -1.34. The first-order valence-electron chi connectivity index (χ1n) is 16.1. The highest BCUT2D eigenvalue weighted by molar-refractivity contribution is 5.90. The molecule has 2 aromatic rings. The normalized spacial score (nSPS) is 21.9. The summed E-state index contributed by atoms with van der Waals surface area (Å²) in [5, 5.41) is 19.5. The van der Waals surface area contributed by atoms with Gasteiger partial charge in [0.1, 0.15) is 0 Å². The Labute approximate surface area is 252 Å². The molecule has 2 aliphatic carbocycles. The highest BCUT2D eigenvalue weighted by atomic mass is 16.4. The molecule has 0 fully saturated rings. The van der Waals surface area contributed by atoms with Gasteiger partial charge in [-0.25, -0.2) is 0 Å². The van der Waals surface area contributed by atoms with Crippen LogP contribution in [-0.2, 0) is 9.59 Å². The van der Waals surface area contributed by atoms with E-state index in [1.54, 1.807) is 0 Å². The number of allylic oxidation sites excluding steroid dienone is 4. The molecule has 0 saturated heterocycles. The fraction of sp³-hybridized carbons (Fsp3) is 0.474. The molecule has 2 aliphatic rings. The molecule has 0 aliphatic heterocycles. The number of unbranched alkanes of at least 4 members (excludes halogenated alkanes) is 6. The van der Waals surface area contributed by atoms with Gasteiger partial charge in [0.15, 0.2) is 0 Å². The van der Waals surface area contributed by atoms with Gasteiger partial charge in [-0.15, -0.1) is 0 Å². The van der Waals surface area contributed by atoms with E-state index in [0.717, 1.165) is 103 Å². The number of rotatable bonds is 18. The van der Waals surface area contributed by atoms with Crippen molar-refractivity contribution in [2.45, 2.75) is 103 Å². The van der Waals surface area contributed by atoms with E-state index in [9.17, 15) is 19.8 Å². The summed E-state index contributed by atoms with van der Waals surface area (Å²) in [6, 6.07) is 21.5. The van der Waals surface area contributed by atoms with Gasteiger partial charge in [0.2, 0.25) is 0 Å². The van der Waals surface area contributed by atoms with Crippen molar-refractivity contribution in [2.24, 2.45) is 10.8 Å². The summed E-state index contributed by atoms with van der Waals surface area (Å²) in [7, 11) is 0. The second-order valence-electron chi connectivity index (χ2n) is 12.3. The molecule has 2 unspecified atom stereocenters.